The lowest BCUT2D eigenvalue weighted by Crippen LogP contribution is -2.05. The number of thiazole rings is 1. The summed E-state index contributed by atoms with van der Waals surface area (Å²) in [5.74, 6) is 0. The maximum absolute atomic E-state index is 4.34. The lowest BCUT2D eigenvalue weighted by atomic mass is 10.2. The van der Waals surface area contributed by atoms with E-state index in [1.54, 1.807) is 11.3 Å². The third-order valence-corrected chi connectivity index (χ3v) is 3.93. The molecule has 0 radical (unpaired) electrons. The molecule has 0 aliphatic heterocycles. The van der Waals surface area contributed by atoms with E-state index >= 15 is 0 Å². The maximum Gasteiger partial charge on any atom is 0.116 e. The van der Waals surface area contributed by atoms with Crippen molar-refractivity contribution >= 4 is 33.0 Å². The van der Waals surface area contributed by atoms with Crippen LogP contribution < -0.4 is 5.32 Å². The van der Waals surface area contributed by atoms with Gasteiger partial charge in [0.2, 0.25) is 0 Å². The second-order valence-corrected chi connectivity index (χ2v) is 6.18. The molecule has 0 bridgehead atoms. The molecule has 1 N–H and O–H groups in total. The first-order chi connectivity index (χ1) is 7.65. The highest BCUT2D eigenvalue weighted by atomic mass is 79.9. The summed E-state index contributed by atoms with van der Waals surface area (Å²) in [5, 5.41) is 4.53. The van der Waals surface area contributed by atoms with Gasteiger partial charge in [-0.15, -0.1) is 11.3 Å². The largest absolute Gasteiger partial charge is 0.376 e. The van der Waals surface area contributed by atoms with Gasteiger partial charge in [-0.3, -0.25) is 0 Å². The number of nitrogens with one attached hydrogen (secondary N) is 1. The van der Waals surface area contributed by atoms with Gasteiger partial charge >= 0.3 is 0 Å². The van der Waals surface area contributed by atoms with Gasteiger partial charge in [0, 0.05) is 5.69 Å². The van der Waals surface area contributed by atoms with Crippen molar-refractivity contribution in [3.8, 4) is 0 Å². The maximum atomic E-state index is 4.34. The smallest absolute Gasteiger partial charge is 0.116 e. The highest BCUT2D eigenvalue weighted by Gasteiger charge is 2.09. The summed E-state index contributed by atoms with van der Waals surface area (Å²) in [6.45, 7) is 4.21. The number of aryl methyl sites for hydroxylation is 1. The molecule has 2 aromatic rings. The second-order valence-electron chi connectivity index (χ2n) is 3.74. The molecule has 1 aromatic carbocycles. The van der Waals surface area contributed by atoms with Crippen LogP contribution in [-0.2, 0) is 0 Å². The molecule has 0 amide bonds. The van der Waals surface area contributed by atoms with Crippen LogP contribution in [0.5, 0.6) is 0 Å². The van der Waals surface area contributed by atoms with Gasteiger partial charge in [-0.1, -0.05) is 12.1 Å². The van der Waals surface area contributed by atoms with E-state index in [1.807, 2.05) is 6.20 Å². The van der Waals surface area contributed by atoms with Gasteiger partial charge in [0.15, 0.2) is 0 Å². The predicted molar refractivity (Wildman–Crippen MR) is 73.0 cm³/mol. The topological polar surface area (TPSA) is 24.9 Å². The highest BCUT2D eigenvalue weighted by Crippen LogP contribution is 2.26. The molecule has 0 spiro atoms. The summed E-state index contributed by atoms with van der Waals surface area (Å²) in [6, 6.07) is 8.60. The Morgan fingerprint density at radius 1 is 1.44 bits per heavy atom. The van der Waals surface area contributed by atoms with Gasteiger partial charge in [-0.05, 0) is 47.5 Å². The van der Waals surface area contributed by atoms with Crippen LogP contribution in [0.15, 0.2) is 34.2 Å². The van der Waals surface area contributed by atoms with Gasteiger partial charge < -0.3 is 5.32 Å². The summed E-state index contributed by atoms with van der Waals surface area (Å²) >= 11 is 5.09. The minimum absolute atomic E-state index is 0.234. The summed E-state index contributed by atoms with van der Waals surface area (Å²) in [6.07, 6.45) is 1.84. The standard InChI is InChI=1S/C12H13BrN2S/c1-8-4-3-5-10(6-8)15-9(2)12-14-7-11(13)16-12/h3-7,9,15H,1-2H3. The predicted octanol–water partition coefficient (Wildman–Crippen LogP) is 4.39. The first-order valence-corrected chi connectivity index (χ1v) is 6.70. The van der Waals surface area contributed by atoms with Crippen LogP contribution in [0.3, 0.4) is 0 Å². The number of nitrogens with zero attached hydrogens (tertiary/aromatic N) is 1. The van der Waals surface area contributed by atoms with Gasteiger partial charge in [0.25, 0.3) is 0 Å². The van der Waals surface area contributed by atoms with Gasteiger partial charge in [-0.25, -0.2) is 4.98 Å². The van der Waals surface area contributed by atoms with Gasteiger partial charge in [0.1, 0.15) is 5.01 Å². The molecule has 0 saturated carbocycles. The lowest BCUT2D eigenvalue weighted by molar-refractivity contribution is 0.869. The second kappa shape index (κ2) is 4.97. The first-order valence-electron chi connectivity index (χ1n) is 5.09. The summed E-state index contributed by atoms with van der Waals surface area (Å²) in [7, 11) is 0. The van der Waals surface area contributed by atoms with E-state index < -0.39 is 0 Å². The van der Waals surface area contributed by atoms with Crippen LogP contribution in [0.25, 0.3) is 0 Å². The minimum atomic E-state index is 0.234. The Kier molecular flexibility index (Phi) is 3.61. The normalized spacial score (nSPS) is 12.4. The molecular weight excluding hydrogens is 284 g/mol. The Labute approximate surface area is 108 Å². The zero-order chi connectivity index (χ0) is 11.5. The third kappa shape index (κ3) is 2.83. The summed E-state index contributed by atoms with van der Waals surface area (Å²) < 4.78 is 1.07. The molecule has 1 aromatic heterocycles. The van der Waals surface area contributed by atoms with Crippen molar-refractivity contribution in [2.75, 3.05) is 5.32 Å². The average Bonchev–Trinajstić information content (AvgIpc) is 2.65. The van der Waals surface area contributed by atoms with Crippen molar-refractivity contribution in [1.29, 1.82) is 0 Å². The van der Waals surface area contributed by atoms with E-state index in [9.17, 15) is 0 Å². The van der Waals surface area contributed by atoms with Crippen molar-refractivity contribution in [3.05, 3.63) is 44.8 Å². The number of halogens is 1. The Morgan fingerprint density at radius 3 is 2.88 bits per heavy atom. The van der Waals surface area contributed by atoms with Crippen molar-refractivity contribution in [3.63, 3.8) is 0 Å². The Hall–Kier alpha value is -0.870. The molecule has 0 fully saturated rings. The fourth-order valence-electron chi connectivity index (χ4n) is 1.51. The van der Waals surface area contributed by atoms with E-state index in [4.69, 9.17) is 0 Å². The van der Waals surface area contributed by atoms with Gasteiger partial charge in [-0.2, -0.15) is 0 Å². The molecule has 4 heteroatoms. The first kappa shape index (κ1) is 11.6. The van der Waals surface area contributed by atoms with E-state index in [-0.39, 0.29) is 6.04 Å². The molecule has 0 aliphatic rings. The Balaban J connectivity index is 2.10. The van der Waals surface area contributed by atoms with E-state index in [2.05, 4.69) is 64.3 Å². The molecular formula is C12H13BrN2S. The Bertz CT molecular complexity index is 481. The quantitative estimate of drug-likeness (QED) is 0.909. The zero-order valence-corrected chi connectivity index (χ0v) is 11.6. The van der Waals surface area contributed by atoms with Crippen molar-refractivity contribution < 1.29 is 0 Å². The van der Waals surface area contributed by atoms with Gasteiger partial charge in [0.05, 0.1) is 16.0 Å². The number of benzene rings is 1. The number of rotatable bonds is 3. The van der Waals surface area contributed by atoms with Crippen LogP contribution in [0.4, 0.5) is 5.69 Å². The number of anilines is 1. The monoisotopic (exact) mass is 296 g/mol. The van der Waals surface area contributed by atoms with E-state index in [0.717, 1.165) is 14.5 Å². The molecule has 2 rings (SSSR count). The van der Waals surface area contributed by atoms with Crippen LogP contribution in [0.1, 0.15) is 23.5 Å². The van der Waals surface area contributed by atoms with Crippen LogP contribution in [-0.4, -0.2) is 4.98 Å². The van der Waals surface area contributed by atoms with E-state index in [0.29, 0.717) is 0 Å². The Morgan fingerprint density at radius 2 is 2.25 bits per heavy atom. The fourth-order valence-corrected chi connectivity index (χ4v) is 2.76. The SMILES string of the molecule is Cc1cccc(NC(C)c2ncc(Br)s2)c1. The molecule has 1 atom stereocenters. The molecule has 0 aliphatic carbocycles. The van der Waals surface area contributed by atoms with Crippen molar-refractivity contribution in [2.45, 2.75) is 19.9 Å². The van der Waals surface area contributed by atoms with Crippen LogP contribution >= 0.6 is 27.3 Å². The lowest BCUT2D eigenvalue weighted by Gasteiger charge is -2.12. The number of hydrogen-bond acceptors (Lipinski definition) is 3. The molecule has 0 saturated heterocycles. The zero-order valence-electron chi connectivity index (χ0n) is 9.20. The van der Waals surface area contributed by atoms with Crippen molar-refractivity contribution in [1.82, 2.24) is 4.98 Å². The number of aromatic nitrogens is 1. The highest BCUT2D eigenvalue weighted by molar-refractivity contribution is 9.11. The van der Waals surface area contributed by atoms with E-state index in [1.165, 1.54) is 5.56 Å². The fraction of sp³-hybridized carbons (Fsp3) is 0.250. The molecule has 1 unspecified atom stereocenters. The molecule has 84 valence electrons. The average molecular weight is 297 g/mol. The number of hydrogen-bond donors (Lipinski definition) is 1. The van der Waals surface area contributed by atoms with Crippen LogP contribution in [0.2, 0.25) is 0 Å². The molecule has 2 nitrogen and oxygen atoms in total. The molecule has 16 heavy (non-hydrogen) atoms. The summed E-state index contributed by atoms with van der Waals surface area (Å²) in [4.78, 5) is 4.34. The van der Waals surface area contributed by atoms with Crippen LogP contribution in [0, 0.1) is 6.92 Å². The summed E-state index contributed by atoms with van der Waals surface area (Å²) in [5.41, 5.74) is 2.40. The third-order valence-electron chi connectivity index (χ3n) is 2.27. The minimum Gasteiger partial charge on any atom is -0.376 e. The molecule has 1 heterocycles. The van der Waals surface area contributed by atoms with Crippen molar-refractivity contribution in [2.24, 2.45) is 0 Å².